The van der Waals surface area contributed by atoms with Crippen molar-refractivity contribution in [1.29, 1.82) is 0 Å². The van der Waals surface area contributed by atoms with Gasteiger partial charge in [-0.25, -0.2) is 0 Å². The lowest BCUT2D eigenvalue weighted by molar-refractivity contribution is -0.119. The molecule has 0 spiro atoms. The van der Waals surface area contributed by atoms with Crippen molar-refractivity contribution in [2.45, 2.75) is 52.2 Å². The molecule has 0 aromatic heterocycles. The van der Waals surface area contributed by atoms with Crippen molar-refractivity contribution in [3.63, 3.8) is 0 Å². The number of nitrogens with zero attached hydrogens (tertiary/aromatic N) is 1. The van der Waals surface area contributed by atoms with Crippen molar-refractivity contribution in [2.75, 3.05) is 13.1 Å². The number of carbonyl (C=O) groups excluding carboxylic acids is 1. The van der Waals surface area contributed by atoms with E-state index in [2.05, 4.69) is 4.90 Å². The van der Waals surface area contributed by atoms with Gasteiger partial charge >= 0.3 is 0 Å². The number of Topliss-reactive ketones (excluding diaryl/α,β-unsaturated/α-hetero) is 1. The van der Waals surface area contributed by atoms with Crippen LogP contribution in [0, 0.1) is 5.41 Å². The third-order valence-corrected chi connectivity index (χ3v) is 4.16. The molecule has 1 N–H and O–H groups in total. The van der Waals surface area contributed by atoms with Crippen LogP contribution in [0.2, 0.25) is 0 Å². The van der Waals surface area contributed by atoms with Gasteiger partial charge in [-0.1, -0.05) is 19.9 Å². The maximum absolute atomic E-state index is 11.9. The molecule has 0 aromatic rings. The molecule has 1 fully saturated rings. The molecule has 1 heterocycles. The minimum atomic E-state index is -0.456. The van der Waals surface area contributed by atoms with E-state index in [1.54, 1.807) is 0 Å². The second kappa shape index (κ2) is 4.54. The van der Waals surface area contributed by atoms with Crippen LogP contribution in [-0.2, 0) is 4.79 Å². The number of likely N-dealkylation sites (tertiary alicyclic amines) is 1. The summed E-state index contributed by atoms with van der Waals surface area (Å²) in [6.45, 7) is 7.93. The van der Waals surface area contributed by atoms with Gasteiger partial charge in [0.1, 0.15) is 0 Å². The van der Waals surface area contributed by atoms with Gasteiger partial charge in [0.05, 0.1) is 12.1 Å². The Morgan fingerprint density at radius 1 is 1.35 bits per heavy atom. The summed E-state index contributed by atoms with van der Waals surface area (Å²) in [7, 11) is 0. The van der Waals surface area contributed by atoms with Crippen LogP contribution in [0.3, 0.4) is 0 Å². The summed E-state index contributed by atoms with van der Waals surface area (Å²) in [5.74, 6) is 0.177. The van der Waals surface area contributed by atoms with E-state index in [1.807, 2.05) is 26.8 Å². The molecule has 1 aliphatic carbocycles. The third-order valence-electron chi connectivity index (χ3n) is 4.16. The van der Waals surface area contributed by atoms with E-state index in [-0.39, 0.29) is 17.2 Å². The van der Waals surface area contributed by atoms with Crippen molar-refractivity contribution < 1.29 is 9.90 Å². The standard InChI is InChI=1S/C14H23NO2/c1-10-8-11(15-6-4-5-7-15)13(17)14(2,3)9-12(10)16/h8,11,13,17H,4-7,9H2,1-3H3. The summed E-state index contributed by atoms with van der Waals surface area (Å²) >= 11 is 0. The first-order valence-electron chi connectivity index (χ1n) is 6.55. The van der Waals surface area contributed by atoms with E-state index in [0.717, 1.165) is 18.7 Å². The number of carbonyl (C=O) groups is 1. The lowest BCUT2D eigenvalue weighted by atomic mass is 9.79. The summed E-state index contributed by atoms with van der Waals surface area (Å²) in [5.41, 5.74) is 0.477. The zero-order valence-corrected chi connectivity index (χ0v) is 11.1. The summed E-state index contributed by atoms with van der Waals surface area (Å²) in [6.07, 6.45) is 4.37. The Balaban J connectivity index is 2.29. The molecule has 0 bridgehead atoms. The van der Waals surface area contributed by atoms with Gasteiger partial charge in [0.2, 0.25) is 0 Å². The molecule has 3 nitrogen and oxygen atoms in total. The van der Waals surface area contributed by atoms with E-state index in [4.69, 9.17) is 0 Å². The molecule has 0 radical (unpaired) electrons. The SMILES string of the molecule is CC1=CC(N2CCCC2)C(O)C(C)(C)CC1=O. The highest BCUT2D eigenvalue weighted by molar-refractivity contribution is 5.95. The average Bonchev–Trinajstić information content (AvgIpc) is 2.74. The lowest BCUT2D eigenvalue weighted by Gasteiger charge is -2.37. The van der Waals surface area contributed by atoms with E-state index in [1.165, 1.54) is 12.8 Å². The van der Waals surface area contributed by atoms with Gasteiger partial charge in [-0.3, -0.25) is 9.69 Å². The first-order valence-corrected chi connectivity index (χ1v) is 6.55. The van der Waals surface area contributed by atoms with E-state index < -0.39 is 6.10 Å². The predicted molar refractivity (Wildman–Crippen MR) is 67.8 cm³/mol. The fourth-order valence-electron chi connectivity index (χ4n) is 2.91. The van der Waals surface area contributed by atoms with Crippen LogP contribution in [0.5, 0.6) is 0 Å². The Hall–Kier alpha value is -0.670. The second-order valence-corrected chi connectivity index (χ2v) is 6.12. The number of rotatable bonds is 1. The summed E-state index contributed by atoms with van der Waals surface area (Å²) < 4.78 is 0. The molecule has 17 heavy (non-hydrogen) atoms. The molecule has 2 aliphatic rings. The molecule has 1 saturated heterocycles. The highest BCUT2D eigenvalue weighted by Gasteiger charge is 2.40. The Kier molecular flexibility index (Phi) is 3.41. The van der Waals surface area contributed by atoms with Crippen LogP contribution in [0.15, 0.2) is 11.6 Å². The molecule has 2 unspecified atom stereocenters. The van der Waals surface area contributed by atoms with Crippen LogP contribution in [0.4, 0.5) is 0 Å². The molecule has 2 rings (SSSR count). The van der Waals surface area contributed by atoms with E-state index in [0.29, 0.717) is 6.42 Å². The predicted octanol–water partition coefficient (Wildman–Crippen LogP) is 1.76. The summed E-state index contributed by atoms with van der Waals surface area (Å²) in [6, 6.07) is 0.0129. The first kappa shape index (κ1) is 12.8. The third kappa shape index (κ3) is 2.45. The molecule has 1 aliphatic heterocycles. The van der Waals surface area contributed by atoms with Crippen LogP contribution in [-0.4, -0.2) is 41.0 Å². The van der Waals surface area contributed by atoms with E-state index in [9.17, 15) is 9.90 Å². The Labute approximate surface area is 103 Å². The topological polar surface area (TPSA) is 40.5 Å². The maximum Gasteiger partial charge on any atom is 0.158 e. The molecule has 96 valence electrons. The fourth-order valence-corrected chi connectivity index (χ4v) is 2.91. The Bertz CT molecular complexity index is 340. The van der Waals surface area contributed by atoms with Gasteiger partial charge in [0.15, 0.2) is 5.78 Å². The molecular weight excluding hydrogens is 214 g/mol. The van der Waals surface area contributed by atoms with Crippen LogP contribution >= 0.6 is 0 Å². The molecular formula is C14H23NO2. The van der Waals surface area contributed by atoms with Crippen LogP contribution < -0.4 is 0 Å². The quantitative estimate of drug-likeness (QED) is 0.755. The zero-order valence-electron chi connectivity index (χ0n) is 11.1. The van der Waals surface area contributed by atoms with Crippen molar-refractivity contribution in [1.82, 2.24) is 4.90 Å². The molecule has 2 atom stereocenters. The number of aliphatic hydroxyl groups excluding tert-OH is 1. The van der Waals surface area contributed by atoms with Gasteiger partial charge in [-0.2, -0.15) is 0 Å². The Morgan fingerprint density at radius 2 is 1.94 bits per heavy atom. The van der Waals surface area contributed by atoms with Crippen molar-refractivity contribution in [3.05, 3.63) is 11.6 Å². The fraction of sp³-hybridized carbons (Fsp3) is 0.786. The highest BCUT2D eigenvalue weighted by Crippen LogP contribution is 2.35. The average molecular weight is 237 g/mol. The number of aliphatic hydroxyl groups is 1. The van der Waals surface area contributed by atoms with Gasteiger partial charge in [0.25, 0.3) is 0 Å². The van der Waals surface area contributed by atoms with Gasteiger partial charge in [-0.05, 0) is 43.8 Å². The Morgan fingerprint density at radius 3 is 2.53 bits per heavy atom. The number of ketones is 1. The monoisotopic (exact) mass is 237 g/mol. The molecule has 0 amide bonds. The maximum atomic E-state index is 11.9. The highest BCUT2D eigenvalue weighted by atomic mass is 16.3. The lowest BCUT2D eigenvalue weighted by Crippen LogP contribution is -2.47. The minimum absolute atomic E-state index is 0.0129. The zero-order chi connectivity index (χ0) is 12.6. The smallest absolute Gasteiger partial charge is 0.158 e. The van der Waals surface area contributed by atoms with Gasteiger partial charge < -0.3 is 5.11 Å². The largest absolute Gasteiger partial charge is 0.391 e. The van der Waals surface area contributed by atoms with Crippen molar-refractivity contribution in [2.24, 2.45) is 5.41 Å². The van der Waals surface area contributed by atoms with Crippen LogP contribution in [0.1, 0.15) is 40.0 Å². The summed E-state index contributed by atoms with van der Waals surface area (Å²) in [4.78, 5) is 14.3. The first-order chi connectivity index (χ1) is 7.92. The summed E-state index contributed by atoms with van der Waals surface area (Å²) in [5, 5.41) is 10.5. The minimum Gasteiger partial charge on any atom is -0.391 e. The van der Waals surface area contributed by atoms with E-state index >= 15 is 0 Å². The molecule has 0 aromatic carbocycles. The number of hydrogen-bond donors (Lipinski definition) is 1. The van der Waals surface area contributed by atoms with Crippen molar-refractivity contribution >= 4 is 5.78 Å². The second-order valence-electron chi connectivity index (χ2n) is 6.12. The normalized spacial score (nSPS) is 34.6. The van der Waals surface area contributed by atoms with Gasteiger partial charge in [-0.15, -0.1) is 0 Å². The molecule has 0 saturated carbocycles. The molecule has 3 heteroatoms. The van der Waals surface area contributed by atoms with Crippen molar-refractivity contribution in [3.8, 4) is 0 Å². The number of allylic oxidation sites excluding steroid dienone is 1. The number of hydrogen-bond acceptors (Lipinski definition) is 3. The van der Waals surface area contributed by atoms with Crippen LogP contribution in [0.25, 0.3) is 0 Å². The van der Waals surface area contributed by atoms with Gasteiger partial charge in [0, 0.05) is 6.42 Å².